The van der Waals surface area contributed by atoms with Crippen molar-refractivity contribution in [3.05, 3.63) is 35.7 Å². The molecule has 0 radical (unpaired) electrons. The molecule has 0 fully saturated rings. The molecule has 0 saturated carbocycles. The summed E-state index contributed by atoms with van der Waals surface area (Å²) in [7, 11) is 1.85. The number of aryl methyl sites for hydroxylation is 2. The Hall–Kier alpha value is -2.17. The van der Waals surface area contributed by atoms with Crippen LogP contribution in [0.2, 0.25) is 0 Å². The van der Waals surface area contributed by atoms with Crippen molar-refractivity contribution in [3.63, 3.8) is 0 Å². The Kier molecular flexibility index (Phi) is 2.91. The lowest BCUT2D eigenvalue weighted by atomic mass is 10.2. The van der Waals surface area contributed by atoms with Gasteiger partial charge >= 0.3 is 0 Å². The molecule has 0 aliphatic heterocycles. The second-order valence-electron chi connectivity index (χ2n) is 3.94. The van der Waals surface area contributed by atoms with Crippen LogP contribution >= 0.6 is 0 Å². The Morgan fingerprint density at radius 1 is 1.35 bits per heavy atom. The van der Waals surface area contributed by atoms with E-state index in [1.165, 1.54) is 6.07 Å². The number of rotatable bonds is 3. The Labute approximate surface area is 99.3 Å². The van der Waals surface area contributed by atoms with E-state index in [9.17, 15) is 10.2 Å². The van der Waals surface area contributed by atoms with Gasteiger partial charge in [0.05, 0.1) is 11.4 Å². The monoisotopic (exact) mass is 233 g/mol. The van der Waals surface area contributed by atoms with Crippen LogP contribution in [0.4, 0.5) is 5.69 Å². The van der Waals surface area contributed by atoms with E-state index in [-0.39, 0.29) is 11.5 Å². The van der Waals surface area contributed by atoms with Crippen LogP contribution in [0.5, 0.6) is 11.5 Å². The molecule has 17 heavy (non-hydrogen) atoms. The molecule has 0 bridgehead atoms. The Bertz CT molecular complexity index is 535. The number of hydrogen-bond acceptors (Lipinski definition) is 4. The molecular weight excluding hydrogens is 218 g/mol. The number of aromatic nitrogens is 2. The van der Waals surface area contributed by atoms with Crippen LogP contribution < -0.4 is 5.32 Å². The third-order valence-electron chi connectivity index (χ3n) is 2.58. The van der Waals surface area contributed by atoms with Crippen molar-refractivity contribution in [1.82, 2.24) is 9.78 Å². The molecule has 0 spiro atoms. The average molecular weight is 233 g/mol. The maximum atomic E-state index is 9.64. The molecule has 0 aliphatic rings. The van der Waals surface area contributed by atoms with Crippen molar-refractivity contribution in [2.45, 2.75) is 13.5 Å². The molecule has 90 valence electrons. The zero-order chi connectivity index (χ0) is 12.4. The van der Waals surface area contributed by atoms with Gasteiger partial charge in [-0.05, 0) is 13.0 Å². The van der Waals surface area contributed by atoms with Gasteiger partial charge in [-0.15, -0.1) is 0 Å². The second kappa shape index (κ2) is 4.37. The standard InChI is InChI=1S/C12H15N3O2/c1-8-10(7-15(2)14-8)13-6-9-4-3-5-11(16)12(9)17/h3-5,7,13,16-17H,6H2,1-2H3. The molecule has 1 aromatic carbocycles. The number of nitrogens with one attached hydrogen (secondary N) is 1. The van der Waals surface area contributed by atoms with Crippen LogP contribution in [-0.2, 0) is 13.6 Å². The van der Waals surface area contributed by atoms with E-state index in [4.69, 9.17) is 0 Å². The normalized spacial score (nSPS) is 10.5. The van der Waals surface area contributed by atoms with E-state index in [1.807, 2.05) is 20.2 Å². The zero-order valence-corrected chi connectivity index (χ0v) is 9.81. The Balaban J connectivity index is 2.12. The highest BCUT2D eigenvalue weighted by molar-refractivity contribution is 5.49. The van der Waals surface area contributed by atoms with E-state index in [0.29, 0.717) is 12.1 Å². The highest BCUT2D eigenvalue weighted by Gasteiger charge is 2.07. The zero-order valence-electron chi connectivity index (χ0n) is 9.81. The Morgan fingerprint density at radius 2 is 2.12 bits per heavy atom. The maximum absolute atomic E-state index is 9.64. The number of phenols is 2. The Morgan fingerprint density at radius 3 is 2.76 bits per heavy atom. The van der Waals surface area contributed by atoms with Crippen LogP contribution in [0.15, 0.2) is 24.4 Å². The first-order valence-electron chi connectivity index (χ1n) is 5.32. The van der Waals surface area contributed by atoms with Crippen LogP contribution in [-0.4, -0.2) is 20.0 Å². The summed E-state index contributed by atoms with van der Waals surface area (Å²) in [5, 5.41) is 26.4. The number of nitrogens with zero attached hydrogens (tertiary/aromatic N) is 2. The molecule has 3 N–H and O–H groups in total. The highest BCUT2D eigenvalue weighted by atomic mass is 16.3. The van der Waals surface area contributed by atoms with Gasteiger partial charge in [0.15, 0.2) is 11.5 Å². The van der Waals surface area contributed by atoms with E-state index in [1.54, 1.807) is 16.8 Å². The molecular formula is C12H15N3O2. The summed E-state index contributed by atoms with van der Waals surface area (Å²) in [6, 6.07) is 4.91. The van der Waals surface area contributed by atoms with Crippen molar-refractivity contribution in [2.75, 3.05) is 5.32 Å². The first-order valence-corrected chi connectivity index (χ1v) is 5.32. The quantitative estimate of drug-likeness (QED) is 0.706. The number of benzene rings is 1. The number of aromatic hydroxyl groups is 2. The van der Waals surface area contributed by atoms with Gasteiger partial charge in [0, 0.05) is 25.4 Å². The molecule has 5 heteroatoms. The molecule has 0 unspecified atom stereocenters. The predicted molar refractivity (Wildman–Crippen MR) is 65.0 cm³/mol. The number of hydrogen-bond donors (Lipinski definition) is 3. The van der Waals surface area contributed by atoms with Gasteiger partial charge in [0.2, 0.25) is 0 Å². The van der Waals surface area contributed by atoms with Gasteiger partial charge in [0.1, 0.15) is 0 Å². The molecule has 1 heterocycles. The van der Waals surface area contributed by atoms with E-state index in [0.717, 1.165) is 11.4 Å². The van der Waals surface area contributed by atoms with Gasteiger partial charge in [-0.3, -0.25) is 4.68 Å². The number of para-hydroxylation sites is 1. The molecule has 0 amide bonds. The predicted octanol–water partition coefficient (Wildman–Crippen LogP) is 1.75. The minimum atomic E-state index is -0.104. The third-order valence-corrected chi connectivity index (χ3v) is 2.58. The van der Waals surface area contributed by atoms with E-state index >= 15 is 0 Å². The van der Waals surface area contributed by atoms with Gasteiger partial charge in [-0.1, -0.05) is 12.1 Å². The van der Waals surface area contributed by atoms with Gasteiger partial charge in [0.25, 0.3) is 0 Å². The molecule has 0 aliphatic carbocycles. The molecule has 0 saturated heterocycles. The third kappa shape index (κ3) is 2.33. The summed E-state index contributed by atoms with van der Waals surface area (Å²) in [5.41, 5.74) is 2.45. The van der Waals surface area contributed by atoms with Crippen LogP contribution in [0, 0.1) is 6.92 Å². The fraction of sp³-hybridized carbons (Fsp3) is 0.250. The van der Waals surface area contributed by atoms with Crippen molar-refractivity contribution < 1.29 is 10.2 Å². The lowest BCUT2D eigenvalue weighted by Crippen LogP contribution is -2.00. The number of anilines is 1. The molecule has 2 rings (SSSR count). The lowest BCUT2D eigenvalue weighted by molar-refractivity contribution is 0.400. The smallest absolute Gasteiger partial charge is 0.162 e. The fourth-order valence-electron chi connectivity index (χ4n) is 1.68. The summed E-state index contributed by atoms with van der Waals surface area (Å²) in [6.45, 7) is 2.34. The highest BCUT2D eigenvalue weighted by Crippen LogP contribution is 2.28. The summed E-state index contributed by atoms with van der Waals surface area (Å²) in [6.07, 6.45) is 1.87. The molecule has 2 aromatic rings. The molecule has 1 aromatic heterocycles. The van der Waals surface area contributed by atoms with Gasteiger partial charge in [-0.2, -0.15) is 5.10 Å². The van der Waals surface area contributed by atoms with Crippen molar-refractivity contribution in [2.24, 2.45) is 7.05 Å². The first-order chi connectivity index (χ1) is 8.08. The van der Waals surface area contributed by atoms with Crippen LogP contribution in [0.3, 0.4) is 0 Å². The van der Waals surface area contributed by atoms with Gasteiger partial charge in [-0.25, -0.2) is 0 Å². The minimum Gasteiger partial charge on any atom is -0.504 e. The van der Waals surface area contributed by atoms with E-state index in [2.05, 4.69) is 10.4 Å². The molecule has 0 atom stereocenters. The van der Waals surface area contributed by atoms with Crippen molar-refractivity contribution >= 4 is 5.69 Å². The number of phenolic OH excluding ortho intramolecular Hbond substituents is 2. The second-order valence-corrected chi connectivity index (χ2v) is 3.94. The average Bonchev–Trinajstić information content (AvgIpc) is 2.60. The topological polar surface area (TPSA) is 70.3 Å². The first kappa shape index (κ1) is 11.3. The van der Waals surface area contributed by atoms with Crippen LogP contribution in [0.1, 0.15) is 11.3 Å². The largest absolute Gasteiger partial charge is 0.504 e. The fourth-order valence-corrected chi connectivity index (χ4v) is 1.68. The summed E-state index contributed by atoms with van der Waals surface area (Å²) in [4.78, 5) is 0. The van der Waals surface area contributed by atoms with E-state index < -0.39 is 0 Å². The summed E-state index contributed by atoms with van der Waals surface area (Å²) < 4.78 is 1.72. The van der Waals surface area contributed by atoms with Crippen LogP contribution in [0.25, 0.3) is 0 Å². The van der Waals surface area contributed by atoms with Crippen molar-refractivity contribution in [3.8, 4) is 11.5 Å². The molecule has 5 nitrogen and oxygen atoms in total. The SMILES string of the molecule is Cc1nn(C)cc1NCc1cccc(O)c1O. The minimum absolute atomic E-state index is 0.0819. The van der Waals surface area contributed by atoms with Gasteiger partial charge < -0.3 is 15.5 Å². The lowest BCUT2D eigenvalue weighted by Gasteiger charge is -2.07. The summed E-state index contributed by atoms with van der Waals surface area (Å²) in [5.74, 6) is -0.186. The summed E-state index contributed by atoms with van der Waals surface area (Å²) >= 11 is 0. The van der Waals surface area contributed by atoms with Crippen molar-refractivity contribution in [1.29, 1.82) is 0 Å². The maximum Gasteiger partial charge on any atom is 0.162 e.